The Morgan fingerprint density at radius 2 is 1.94 bits per heavy atom. The number of aromatic nitrogens is 1. The van der Waals surface area contributed by atoms with Gasteiger partial charge in [-0.15, -0.1) is 0 Å². The second-order valence-electron chi connectivity index (χ2n) is 3.83. The smallest absolute Gasteiger partial charge is 0.176 e. The van der Waals surface area contributed by atoms with Crippen molar-refractivity contribution in [3.05, 3.63) is 60.4 Å². The summed E-state index contributed by atoms with van der Waals surface area (Å²) in [6.45, 7) is 0. The van der Waals surface area contributed by atoms with Gasteiger partial charge >= 0.3 is 0 Å². The van der Waals surface area contributed by atoms with Crippen molar-refractivity contribution in [2.45, 2.75) is 0 Å². The van der Waals surface area contributed by atoms with Crippen LogP contribution in [0.15, 0.2) is 54.9 Å². The average molecular weight is 240 g/mol. The highest BCUT2D eigenvalue weighted by Crippen LogP contribution is 2.26. The Morgan fingerprint density at radius 1 is 1.11 bits per heavy atom. The number of hydrogen-bond donors (Lipinski definition) is 2. The Labute approximate surface area is 104 Å². The Bertz CT molecular complexity index is 583. The van der Waals surface area contributed by atoms with Crippen molar-refractivity contribution in [2.24, 2.45) is 0 Å². The number of nitrogens with two attached hydrogens (primary N) is 1. The maximum atomic E-state index is 5.90. The van der Waals surface area contributed by atoms with E-state index in [9.17, 15) is 0 Å². The third kappa shape index (κ3) is 1.87. The van der Waals surface area contributed by atoms with Gasteiger partial charge in [-0.25, -0.2) is 9.99 Å². The highest BCUT2D eigenvalue weighted by Gasteiger charge is 2.18. The molecule has 3 rings (SSSR count). The second-order valence-corrected chi connectivity index (χ2v) is 3.83. The van der Waals surface area contributed by atoms with E-state index >= 15 is 0 Å². The lowest BCUT2D eigenvalue weighted by Crippen LogP contribution is -2.27. The van der Waals surface area contributed by atoms with Gasteiger partial charge in [0.25, 0.3) is 0 Å². The van der Waals surface area contributed by atoms with E-state index in [0.717, 1.165) is 11.4 Å². The van der Waals surface area contributed by atoms with Crippen LogP contribution < -0.4 is 16.3 Å². The van der Waals surface area contributed by atoms with Crippen molar-refractivity contribution >= 4 is 17.3 Å². The molecule has 18 heavy (non-hydrogen) atoms. The van der Waals surface area contributed by atoms with Crippen molar-refractivity contribution in [1.29, 1.82) is 0 Å². The topological polar surface area (TPSA) is 63.4 Å². The van der Waals surface area contributed by atoms with Crippen LogP contribution in [0.25, 0.3) is 5.76 Å². The third-order valence-corrected chi connectivity index (χ3v) is 2.62. The second kappa shape index (κ2) is 4.38. The first-order chi connectivity index (χ1) is 8.84. The normalized spacial score (nSPS) is 14.2. The summed E-state index contributed by atoms with van der Waals surface area (Å²) in [6, 6.07) is 13.2. The van der Waals surface area contributed by atoms with Crippen LogP contribution in [-0.4, -0.2) is 4.98 Å². The molecule has 0 amide bonds. The minimum atomic E-state index is 0.666. The van der Waals surface area contributed by atoms with Gasteiger partial charge < -0.3 is 10.6 Å². The molecule has 0 radical (unpaired) electrons. The van der Waals surface area contributed by atoms with E-state index in [1.807, 2.05) is 48.7 Å². The maximum Gasteiger partial charge on any atom is 0.176 e. The zero-order valence-corrected chi connectivity index (χ0v) is 9.58. The van der Waals surface area contributed by atoms with Crippen molar-refractivity contribution < 1.29 is 4.84 Å². The van der Waals surface area contributed by atoms with Crippen LogP contribution in [0.5, 0.6) is 0 Å². The molecule has 0 aliphatic carbocycles. The van der Waals surface area contributed by atoms with Gasteiger partial charge in [0.2, 0.25) is 0 Å². The van der Waals surface area contributed by atoms with Crippen LogP contribution in [-0.2, 0) is 4.84 Å². The van der Waals surface area contributed by atoms with Crippen molar-refractivity contribution in [3.63, 3.8) is 0 Å². The summed E-state index contributed by atoms with van der Waals surface area (Å²) in [5.41, 5.74) is 10.2. The van der Waals surface area contributed by atoms with E-state index in [0.29, 0.717) is 11.4 Å². The summed E-state index contributed by atoms with van der Waals surface area (Å²) in [4.78, 5) is 9.62. The first-order valence-corrected chi connectivity index (χ1v) is 5.54. The van der Waals surface area contributed by atoms with Gasteiger partial charge in [-0.2, -0.15) is 0 Å². The predicted octanol–water partition coefficient (Wildman–Crippen LogP) is 1.92. The number of para-hydroxylation sites is 1. The minimum Gasteiger partial charge on any atom is -0.398 e. The lowest BCUT2D eigenvalue weighted by Gasteiger charge is -2.11. The van der Waals surface area contributed by atoms with Crippen LogP contribution in [0.4, 0.5) is 11.5 Å². The van der Waals surface area contributed by atoms with Crippen LogP contribution in [0.2, 0.25) is 0 Å². The molecule has 3 N–H and O–H groups in total. The number of rotatable bonds is 2. The van der Waals surface area contributed by atoms with E-state index in [1.54, 1.807) is 11.2 Å². The fourth-order valence-electron chi connectivity index (χ4n) is 1.72. The fourth-order valence-corrected chi connectivity index (χ4v) is 1.72. The van der Waals surface area contributed by atoms with E-state index in [2.05, 4.69) is 10.6 Å². The summed E-state index contributed by atoms with van der Waals surface area (Å²) in [7, 11) is 0. The first-order valence-electron chi connectivity index (χ1n) is 5.54. The molecule has 0 unspecified atom stereocenters. The Balaban J connectivity index is 1.91. The monoisotopic (exact) mass is 240 g/mol. The SMILES string of the molecule is Nc1ccccc1C1=CN(c2ccccn2)NO1. The van der Waals surface area contributed by atoms with Crippen molar-refractivity contribution in [3.8, 4) is 0 Å². The summed E-state index contributed by atoms with van der Waals surface area (Å²) < 4.78 is 0. The summed E-state index contributed by atoms with van der Waals surface area (Å²) in [6.07, 6.45) is 3.54. The van der Waals surface area contributed by atoms with E-state index in [4.69, 9.17) is 10.6 Å². The van der Waals surface area contributed by atoms with Crippen LogP contribution >= 0.6 is 0 Å². The number of anilines is 2. The van der Waals surface area contributed by atoms with E-state index in [1.165, 1.54) is 0 Å². The molecule has 0 saturated carbocycles. The number of nitrogens with one attached hydrogen (secondary N) is 1. The van der Waals surface area contributed by atoms with E-state index in [-0.39, 0.29) is 0 Å². The zero-order valence-electron chi connectivity index (χ0n) is 9.58. The van der Waals surface area contributed by atoms with Gasteiger partial charge in [-0.05, 0) is 24.3 Å². The van der Waals surface area contributed by atoms with Gasteiger partial charge in [0, 0.05) is 17.4 Å². The zero-order chi connectivity index (χ0) is 12.4. The summed E-state index contributed by atoms with van der Waals surface area (Å²) in [5.74, 6) is 1.42. The Hall–Kier alpha value is -2.53. The lowest BCUT2D eigenvalue weighted by molar-refractivity contribution is 0.180. The molecule has 1 aromatic carbocycles. The molecule has 0 spiro atoms. The molecule has 0 fully saturated rings. The Kier molecular flexibility index (Phi) is 2.59. The third-order valence-electron chi connectivity index (χ3n) is 2.62. The molecule has 0 saturated heterocycles. The molecule has 0 bridgehead atoms. The number of pyridine rings is 1. The van der Waals surface area contributed by atoms with Crippen molar-refractivity contribution in [2.75, 3.05) is 10.7 Å². The number of nitrogens with zero attached hydrogens (tertiary/aromatic N) is 2. The molecule has 5 heteroatoms. The van der Waals surface area contributed by atoms with Gasteiger partial charge in [0.05, 0.1) is 6.20 Å². The molecular weight excluding hydrogens is 228 g/mol. The molecule has 2 aromatic rings. The van der Waals surface area contributed by atoms with Gasteiger partial charge in [0.15, 0.2) is 5.76 Å². The molecular formula is C13H12N4O. The molecule has 0 atom stereocenters. The van der Waals surface area contributed by atoms with Crippen LogP contribution in [0, 0.1) is 0 Å². The van der Waals surface area contributed by atoms with Gasteiger partial charge in [-0.1, -0.05) is 23.8 Å². The number of hydrogen-bond acceptors (Lipinski definition) is 5. The molecule has 1 aliphatic rings. The summed E-state index contributed by atoms with van der Waals surface area (Å²) in [5, 5.41) is 1.70. The minimum absolute atomic E-state index is 0.666. The number of nitrogen functional groups attached to an aromatic ring is 1. The maximum absolute atomic E-state index is 5.90. The van der Waals surface area contributed by atoms with Crippen LogP contribution in [0.1, 0.15) is 5.56 Å². The Morgan fingerprint density at radius 3 is 2.72 bits per heavy atom. The number of hydrazine groups is 1. The fraction of sp³-hybridized carbons (Fsp3) is 0. The number of benzene rings is 1. The van der Waals surface area contributed by atoms with Crippen LogP contribution in [0.3, 0.4) is 0 Å². The first kappa shape index (κ1) is 10.6. The largest absolute Gasteiger partial charge is 0.398 e. The lowest BCUT2D eigenvalue weighted by atomic mass is 10.1. The standard InChI is InChI=1S/C13H12N4O/c14-11-6-2-1-5-10(11)12-9-17(16-18-12)13-7-3-4-8-15-13/h1-9,16H,14H2. The molecule has 1 aliphatic heterocycles. The highest BCUT2D eigenvalue weighted by atomic mass is 16.7. The average Bonchev–Trinajstić information content (AvgIpc) is 2.90. The predicted molar refractivity (Wildman–Crippen MR) is 69.8 cm³/mol. The van der Waals surface area contributed by atoms with E-state index < -0.39 is 0 Å². The van der Waals surface area contributed by atoms with Gasteiger partial charge in [0.1, 0.15) is 5.82 Å². The molecule has 5 nitrogen and oxygen atoms in total. The van der Waals surface area contributed by atoms with Crippen molar-refractivity contribution in [1.82, 2.24) is 10.6 Å². The quantitative estimate of drug-likeness (QED) is 0.785. The highest BCUT2D eigenvalue weighted by molar-refractivity contribution is 5.73. The molecule has 90 valence electrons. The molecule has 2 heterocycles. The molecule has 1 aromatic heterocycles. The summed E-state index contributed by atoms with van der Waals surface area (Å²) >= 11 is 0. The van der Waals surface area contributed by atoms with Gasteiger partial charge in [-0.3, -0.25) is 0 Å².